The third-order valence-corrected chi connectivity index (χ3v) is 4.25. The lowest BCUT2D eigenvalue weighted by Crippen LogP contribution is -2.36. The van der Waals surface area contributed by atoms with Gasteiger partial charge in [-0.05, 0) is 50.1 Å². The van der Waals surface area contributed by atoms with Crippen molar-refractivity contribution >= 4 is 17.5 Å². The minimum atomic E-state index is -0.135. The van der Waals surface area contributed by atoms with Gasteiger partial charge >= 0.3 is 0 Å². The summed E-state index contributed by atoms with van der Waals surface area (Å²) >= 11 is 0. The SMILES string of the molecule is CCOc1ccc(Nc2nccc(C(=O)NC3CCCCC3)n2)cc1. The normalized spacial score (nSPS) is 14.8. The number of anilines is 2. The maximum Gasteiger partial charge on any atom is 0.270 e. The first-order valence-corrected chi connectivity index (χ1v) is 8.88. The van der Waals surface area contributed by atoms with Crippen molar-refractivity contribution in [1.29, 1.82) is 0 Å². The fourth-order valence-electron chi connectivity index (χ4n) is 2.98. The highest BCUT2D eigenvalue weighted by molar-refractivity contribution is 5.92. The van der Waals surface area contributed by atoms with Gasteiger partial charge < -0.3 is 15.4 Å². The van der Waals surface area contributed by atoms with Crippen molar-refractivity contribution in [3.63, 3.8) is 0 Å². The second-order valence-corrected chi connectivity index (χ2v) is 6.16. The van der Waals surface area contributed by atoms with Gasteiger partial charge in [0.1, 0.15) is 11.4 Å². The summed E-state index contributed by atoms with van der Waals surface area (Å²) < 4.78 is 5.42. The third-order valence-electron chi connectivity index (χ3n) is 4.25. The molecule has 0 radical (unpaired) electrons. The van der Waals surface area contributed by atoms with Crippen LogP contribution in [0.15, 0.2) is 36.5 Å². The summed E-state index contributed by atoms with van der Waals surface area (Å²) in [5.41, 5.74) is 1.22. The summed E-state index contributed by atoms with van der Waals surface area (Å²) in [7, 11) is 0. The highest BCUT2D eigenvalue weighted by Crippen LogP contribution is 2.19. The second kappa shape index (κ2) is 8.46. The third kappa shape index (κ3) is 4.92. The molecule has 1 saturated carbocycles. The lowest BCUT2D eigenvalue weighted by atomic mass is 9.95. The van der Waals surface area contributed by atoms with Crippen molar-refractivity contribution in [2.75, 3.05) is 11.9 Å². The molecule has 0 saturated heterocycles. The van der Waals surface area contributed by atoms with Gasteiger partial charge in [0.15, 0.2) is 0 Å². The van der Waals surface area contributed by atoms with Crippen molar-refractivity contribution in [1.82, 2.24) is 15.3 Å². The summed E-state index contributed by atoms with van der Waals surface area (Å²) in [5.74, 6) is 1.08. The van der Waals surface area contributed by atoms with Crippen LogP contribution in [0.25, 0.3) is 0 Å². The molecule has 1 fully saturated rings. The second-order valence-electron chi connectivity index (χ2n) is 6.16. The molecule has 1 heterocycles. The summed E-state index contributed by atoms with van der Waals surface area (Å²) in [4.78, 5) is 20.9. The lowest BCUT2D eigenvalue weighted by Gasteiger charge is -2.22. The molecule has 6 nitrogen and oxygen atoms in total. The maximum absolute atomic E-state index is 12.4. The number of aromatic nitrogens is 2. The number of nitrogens with zero attached hydrogens (tertiary/aromatic N) is 2. The number of rotatable bonds is 6. The number of ether oxygens (including phenoxy) is 1. The molecule has 25 heavy (non-hydrogen) atoms. The molecule has 6 heteroatoms. The number of hydrogen-bond acceptors (Lipinski definition) is 5. The zero-order valence-corrected chi connectivity index (χ0v) is 14.5. The Hall–Kier alpha value is -2.63. The molecule has 1 aliphatic rings. The van der Waals surface area contributed by atoms with Crippen LogP contribution in [0, 0.1) is 0 Å². The zero-order chi connectivity index (χ0) is 17.5. The molecule has 0 aliphatic heterocycles. The summed E-state index contributed by atoms with van der Waals surface area (Å²) in [6.45, 7) is 2.58. The smallest absolute Gasteiger partial charge is 0.270 e. The van der Waals surface area contributed by atoms with E-state index in [1.807, 2.05) is 31.2 Å². The molecule has 1 aliphatic carbocycles. The first-order valence-electron chi connectivity index (χ1n) is 8.88. The highest BCUT2D eigenvalue weighted by atomic mass is 16.5. The molecule has 0 spiro atoms. The summed E-state index contributed by atoms with van der Waals surface area (Å²) in [5, 5.41) is 6.19. The average Bonchev–Trinajstić information content (AvgIpc) is 2.65. The number of carbonyl (C=O) groups excluding carboxylic acids is 1. The highest BCUT2D eigenvalue weighted by Gasteiger charge is 2.17. The maximum atomic E-state index is 12.4. The van der Waals surface area contributed by atoms with Gasteiger partial charge in [-0.3, -0.25) is 4.79 Å². The number of hydrogen-bond donors (Lipinski definition) is 2. The molecular formula is C19H24N4O2. The van der Waals surface area contributed by atoms with Gasteiger partial charge in [-0.2, -0.15) is 0 Å². The Morgan fingerprint density at radius 2 is 1.92 bits per heavy atom. The van der Waals surface area contributed by atoms with Gasteiger partial charge in [-0.25, -0.2) is 9.97 Å². The minimum absolute atomic E-state index is 0.135. The Labute approximate surface area is 148 Å². The van der Waals surface area contributed by atoms with Crippen LogP contribution in [-0.2, 0) is 0 Å². The van der Waals surface area contributed by atoms with E-state index in [0.717, 1.165) is 24.3 Å². The van der Waals surface area contributed by atoms with Crippen LogP contribution in [0.4, 0.5) is 11.6 Å². The molecule has 0 atom stereocenters. The van der Waals surface area contributed by atoms with Crippen molar-refractivity contribution in [2.24, 2.45) is 0 Å². The van der Waals surface area contributed by atoms with E-state index in [9.17, 15) is 4.79 Å². The van der Waals surface area contributed by atoms with Crippen molar-refractivity contribution in [3.05, 3.63) is 42.2 Å². The fraction of sp³-hybridized carbons (Fsp3) is 0.421. The predicted molar refractivity (Wildman–Crippen MR) is 97.3 cm³/mol. The first kappa shape index (κ1) is 17.2. The largest absolute Gasteiger partial charge is 0.494 e. The molecular weight excluding hydrogens is 316 g/mol. The van der Waals surface area contributed by atoms with Gasteiger partial charge in [0.25, 0.3) is 5.91 Å². The standard InChI is InChI=1S/C19H24N4O2/c1-2-25-16-10-8-15(9-11-16)22-19-20-13-12-17(23-19)18(24)21-14-6-4-3-5-7-14/h8-14H,2-7H2,1H3,(H,21,24)(H,20,22,23). The molecule has 1 aromatic carbocycles. The van der Waals surface area contributed by atoms with E-state index in [2.05, 4.69) is 20.6 Å². The van der Waals surface area contributed by atoms with Crippen LogP contribution in [0.1, 0.15) is 49.5 Å². The van der Waals surface area contributed by atoms with Crippen molar-refractivity contribution in [2.45, 2.75) is 45.1 Å². The Bertz CT molecular complexity index is 697. The van der Waals surface area contributed by atoms with E-state index < -0.39 is 0 Å². The first-order chi connectivity index (χ1) is 12.2. The van der Waals surface area contributed by atoms with Crippen molar-refractivity contribution < 1.29 is 9.53 Å². The summed E-state index contributed by atoms with van der Waals surface area (Å²) in [6.07, 6.45) is 7.32. The van der Waals surface area contributed by atoms with E-state index in [-0.39, 0.29) is 11.9 Å². The molecule has 2 N–H and O–H groups in total. The molecule has 1 aromatic heterocycles. The van der Waals surface area contributed by atoms with Gasteiger partial charge in [-0.1, -0.05) is 19.3 Å². The van der Waals surface area contributed by atoms with Gasteiger partial charge in [-0.15, -0.1) is 0 Å². The lowest BCUT2D eigenvalue weighted by molar-refractivity contribution is 0.0922. The van der Waals surface area contributed by atoms with E-state index in [0.29, 0.717) is 18.2 Å². The molecule has 1 amide bonds. The molecule has 0 bridgehead atoms. The van der Waals surface area contributed by atoms with Crippen LogP contribution in [-0.4, -0.2) is 28.5 Å². The van der Waals surface area contributed by atoms with Gasteiger partial charge in [0.2, 0.25) is 5.95 Å². The molecule has 2 aromatic rings. The molecule has 132 valence electrons. The summed E-state index contributed by atoms with van der Waals surface area (Å²) in [6, 6.07) is 9.45. The van der Waals surface area contributed by atoms with Crippen LogP contribution >= 0.6 is 0 Å². The number of amides is 1. The Morgan fingerprint density at radius 3 is 2.64 bits per heavy atom. The van der Waals surface area contributed by atoms with Crippen molar-refractivity contribution in [3.8, 4) is 5.75 Å². The van der Waals surface area contributed by atoms with Crippen LogP contribution in [0.5, 0.6) is 5.75 Å². The zero-order valence-electron chi connectivity index (χ0n) is 14.5. The predicted octanol–water partition coefficient (Wildman–Crippen LogP) is 3.68. The topological polar surface area (TPSA) is 76.1 Å². The van der Waals surface area contributed by atoms with Gasteiger partial charge in [0, 0.05) is 17.9 Å². The minimum Gasteiger partial charge on any atom is -0.494 e. The quantitative estimate of drug-likeness (QED) is 0.839. The van der Waals surface area contributed by atoms with E-state index >= 15 is 0 Å². The monoisotopic (exact) mass is 340 g/mol. The molecule has 3 rings (SSSR count). The Kier molecular flexibility index (Phi) is 5.82. The number of benzene rings is 1. The fourth-order valence-corrected chi connectivity index (χ4v) is 2.98. The van der Waals surface area contributed by atoms with Crippen LogP contribution in [0.2, 0.25) is 0 Å². The number of nitrogens with one attached hydrogen (secondary N) is 2. The Morgan fingerprint density at radius 1 is 1.16 bits per heavy atom. The van der Waals surface area contributed by atoms with E-state index in [1.165, 1.54) is 19.3 Å². The van der Waals surface area contributed by atoms with E-state index in [1.54, 1.807) is 12.3 Å². The van der Waals surface area contributed by atoms with Gasteiger partial charge in [0.05, 0.1) is 6.61 Å². The molecule has 0 unspecified atom stereocenters. The Balaban J connectivity index is 1.63. The van der Waals surface area contributed by atoms with Crippen LogP contribution < -0.4 is 15.4 Å². The van der Waals surface area contributed by atoms with Crippen LogP contribution in [0.3, 0.4) is 0 Å². The number of carbonyl (C=O) groups is 1. The average molecular weight is 340 g/mol. The van der Waals surface area contributed by atoms with E-state index in [4.69, 9.17) is 4.74 Å².